The van der Waals surface area contributed by atoms with Gasteiger partial charge in [-0.25, -0.2) is 4.98 Å². The van der Waals surface area contributed by atoms with Crippen LogP contribution in [-0.4, -0.2) is 71.1 Å². The van der Waals surface area contributed by atoms with Crippen molar-refractivity contribution in [3.63, 3.8) is 0 Å². The minimum Gasteiger partial charge on any atom is -0.379 e. The van der Waals surface area contributed by atoms with Gasteiger partial charge in [-0.3, -0.25) is 14.5 Å². The molecule has 0 unspecified atom stereocenters. The maximum absolute atomic E-state index is 12.8. The third-order valence-electron chi connectivity index (χ3n) is 5.47. The van der Waals surface area contributed by atoms with E-state index in [0.29, 0.717) is 29.0 Å². The van der Waals surface area contributed by atoms with Gasteiger partial charge in [-0.05, 0) is 19.8 Å². The van der Waals surface area contributed by atoms with Crippen molar-refractivity contribution in [2.45, 2.75) is 39.7 Å². The molecule has 1 amide bonds. The number of carbonyl (C=O) groups is 1. The molecule has 1 N–H and O–H groups in total. The number of hydrogen-bond acceptors (Lipinski definition) is 5. The van der Waals surface area contributed by atoms with E-state index in [-0.39, 0.29) is 17.9 Å². The van der Waals surface area contributed by atoms with Crippen LogP contribution in [0.25, 0.3) is 0 Å². The summed E-state index contributed by atoms with van der Waals surface area (Å²) in [4.78, 5) is 36.3. The predicted octanol–water partition coefficient (Wildman–Crippen LogP) is 0.498. The largest absolute Gasteiger partial charge is 0.379 e. The van der Waals surface area contributed by atoms with E-state index in [1.165, 1.54) is 0 Å². The fraction of sp³-hybridized carbons (Fsp3) is 0.722. The van der Waals surface area contributed by atoms with Gasteiger partial charge < -0.3 is 14.6 Å². The fourth-order valence-corrected chi connectivity index (χ4v) is 4.00. The Hall–Kier alpha value is -1.73. The van der Waals surface area contributed by atoms with E-state index in [1.807, 2.05) is 4.90 Å². The number of carbonyl (C=O) groups excluding carboxylic acids is 1. The van der Waals surface area contributed by atoms with E-state index in [0.717, 1.165) is 45.8 Å². The molecule has 7 heteroatoms. The number of aryl methyl sites for hydroxylation is 2. The van der Waals surface area contributed by atoms with Crippen LogP contribution in [0.1, 0.15) is 30.4 Å². The van der Waals surface area contributed by atoms with Gasteiger partial charge in [-0.2, -0.15) is 0 Å². The van der Waals surface area contributed by atoms with Gasteiger partial charge in [0.25, 0.3) is 5.56 Å². The molecule has 0 saturated carbocycles. The van der Waals surface area contributed by atoms with E-state index in [9.17, 15) is 9.59 Å². The Morgan fingerprint density at radius 2 is 2.00 bits per heavy atom. The van der Waals surface area contributed by atoms with Gasteiger partial charge >= 0.3 is 0 Å². The molecule has 1 aromatic heterocycles. The molecule has 0 bridgehead atoms. The van der Waals surface area contributed by atoms with E-state index in [1.54, 1.807) is 13.8 Å². The molecule has 2 aliphatic heterocycles. The zero-order valence-electron chi connectivity index (χ0n) is 15.4. The zero-order chi connectivity index (χ0) is 18.0. The molecule has 2 atom stereocenters. The number of H-pyrrole nitrogens is 1. The summed E-state index contributed by atoms with van der Waals surface area (Å²) in [6.45, 7) is 10.6. The van der Waals surface area contributed by atoms with Gasteiger partial charge in [-0.1, -0.05) is 13.3 Å². The van der Waals surface area contributed by atoms with Crippen molar-refractivity contribution in [1.82, 2.24) is 19.8 Å². The van der Waals surface area contributed by atoms with Gasteiger partial charge in [0.15, 0.2) is 0 Å². The molecule has 3 heterocycles. The summed E-state index contributed by atoms with van der Waals surface area (Å²) in [5.74, 6) is 1.09. The summed E-state index contributed by atoms with van der Waals surface area (Å²) in [5.41, 5.74) is 0.929. The number of aromatic nitrogens is 2. The van der Waals surface area contributed by atoms with Crippen molar-refractivity contribution in [3.05, 3.63) is 27.4 Å². The van der Waals surface area contributed by atoms with Crippen LogP contribution in [0.3, 0.4) is 0 Å². The van der Waals surface area contributed by atoms with Gasteiger partial charge in [0.05, 0.1) is 19.6 Å². The third-order valence-corrected chi connectivity index (χ3v) is 5.47. The summed E-state index contributed by atoms with van der Waals surface area (Å²) in [5, 5.41) is 0. The SMILES string of the molecule is CC[C@H]1CN(C(=O)Cc2c(C)nc(C)[nH]c2=O)C[C@H]1N1CCOCC1. The molecule has 2 aliphatic rings. The Bertz CT molecular complexity index is 681. The van der Waals surface area contributed by atoms with Crippen LogP contribution in [0.5, 0.6) is 0 Å². The first kappa shape index (κ1) is 18.1. The normalized spacial score (nSPS) is 24.7. The Balaban J connectivity index is 1.70. The van der Waals surface area contributed by atoms with Gasteiger partial charge in [-0.15, -0.1) is 0 Å². The van der Waals surface area contributed by atoms with E-state index < -0.39 is 0 Å². The monoisotopic (exact) mass is 348 g/mol. The highest BCUT2D eigenvalue weighted by molar-refractivity contribution is 5.79. The Kier molecular flexibility index (Phi) is 5.54. The fourth-order valence-electron chi connectivity index (χ4n) is 4.00. The number of morpholine rings is 1. The van der Waals surface area contributed by atoms with Crippen molar-refractivity contribution in [2.24, 2.45) is 5.92 Å². The first-order valence-electron chi connectivity index (χ1n) is 9.15. The number of aromatic amines is 1. The lowest BCUT2D eigenvalue weighted by Gasteiger charge is -2.34. The summed E-state index contributed by atoms with van der Waals surface area (Å²) in [6, 6.07) is 0.397. The van der Waals surface area contributed by atoms with Crippen LogP contribution < -0.4 is 5.56 Å². The Morgan fingerprint density at radius 3 is 2.64 bits per heavy atom. The number of likely N-dealkylation sites (tertiary alicyclic amines) is 1. The lowest BCUT2D eigenvalue weighted by Crippen LogP contribution is -2.47. The number of rotatable bonds is 4. The average molecular weight is 348 g/mol. The van der Waals surface area contributed by atoms with E-state index in [2.05, 4.69) is 21.8 Å². The van der Waals surface area contributed by atoms with Crippen LogP contribution in [0, 0.1) is 19.8 Å². The average Bonchev–Trinajstić information content (AvgIpc) is 3.03. The second kappa shape index (κ2) is 7.66. The molecule has 0 aliphatic carbocycles. The molecule has 2 saturated heterocycles. The quantitative estimate of drug-likeness (QED) is 0.857. The molecule has 0 aromatic carbocycles. The Morgan fingerprint density at radius 1 is 1.28 bits per heavy atom. The molecule has 3 rings (SSSR count). The molecule has 0 spiro atoms. The molecule has 1 aromatic rings. The molecular formula is C18H28N4O3. The number of hydrogen-bond donors (Lipinski definition) is 1. The first-order chi connectivity index (χ1) is 12.0. The molecule has 7 nitrogen and oxygen atoms in total. The molecular weight excluding hydrogens is 320 g/mol. The van der Waals surface area contributed by atoms with Crippen LogP contribution in [0.4, 0.5) is 0 Å². The molecule has 2 fully saturated rings. The first-order valence-corrected chi connectivity index (χ1v) is 9.15. The topological polar surface area (TPSA) is 78.5 Å². The van der Waals surface area contributed by atoms with E-state index >= 15 is 0 Å². The summed E-state index contributed by atoms with van der Waals surface area (Å²) in [7, 11) is 0. The number of nitrogens with one attached hydrogen (secondary N) is 1. The number of ether oxygens (including phenoxy) is 1. The van der Waals surface area contributed by atoms with E-state index in [4.69, 9.17) is 4.74 Å². The van der Waals surface area contributed by atoms with Gasteiger partial charge in [0, 0.05) is 43.5 Å². The minimum atomic E-state index is -0.200. The van der Waals surface area contributed by atoms with Crippen molar-refractivity contribution in [2.75, 3.05) is 39.4 Å². The highest BCUT2D eigenvalue weighted by atomic mass is 16.5. The second-order valence-electron chi connectivity index (χ2n) is 7.07. The van der Waals surface area contributed by atoms with Crippen molar-refractivity contribution in [3.8, 4) is 0 Å². The van der Waals surface area contributed by atoms with Crippen molar-refractivity contribution >= 4 is 5.91 Å². The zero-order valence-corrected chi connectivity index (χ0v) is 15.4. The van der Waals surface area contributed by atoms with Crippen molar-refractivity contribution < 1.29 is 9.53 Å². The third kappa shape index (κ3) is 3.93. The summed E-state index contributed by atoms with van der Waals surface area (Å²) < 4.78 is 5.45. The lowest BCUT2D eigenvalue weighted by molar-refractivity contribution is -0.129. The highest BCUT2D eigenvalue weighted by Crippen LogP contribution is 2.26. The molecule has 25 heavy (non-hydrogen) atoms. The summed E-state index contributed by atoms with van der Waals surface area (Å²) in [6.07, 6.45) is 1.18. The number of amides is 1. The van der Waals surface area contributed by atoms with Crippen LogP contribution in [-0.2, 0) is 16.0 Å². The molecule has 0 radical (unpaired) electrons. The summed E-state index contributed by atoms with van der Waals surface area (Å²) >= 11 is 0. The lowest BCUT2D eigenvalue weighted by atomic mass is 9.99. The van der Waals surface area contributed by atoms with Crippen molar-refractivity contribution in [1.29, 1.82) is 0 Å². The maximum atomic E-state index is 12.8. The smallest absolute Gasteiger partial charge is 0.254 e. The molecule has 138 valence electrons. The van der Waals surface area contributed by atoms with Gasteiger partial charge in [0.1, 0.15) is 5.82 Å². The second-order valence-corrected chi connectivity index (χ2v) is 7.07. The number of nitrogens with zero attached hydrogens (tertiary/aromatic N) is 3. The Labute approximate surface area is 148 Å². The highest BCUT2D eigenvalue weighted by Gasteiger charge is 2.38. The predicted molar refractivity (Wildman–Crippen MR) is 94.6 cm³/mol. The van der Waals surface area contributed by atoms with Crippen LogP contribution in [0.15, 0.2) is 4.79 Å². The maximum Gasteiger partial charge on any atom is 0.254 e. The van der Waals surface area contributed by atoms with Gasteiger partial charge in [0.2, 0.25) is 5.91 Å². The van der Waals surface area contributed by atoms with Crippen LogP contribution in [0.2, 0.25) is 0 Å². The van der Waals surface area contributed by atoms with Crippen LogP contribution >= 0.6 is 0 Å². The standard InChI is InChI=1S/C18H28N4O3/c1-4-14-10-22(11-16(14)21-5-7-25-8-6-21)17(23)9-15-12(2)19-13(3)20-18(15)24/h14,16H,4-11H2,1-3H3,(H,19,20,24)/t14-,16+/m0/s1. The minimum absolute atomic E-state index is 0.0217.